The Kier molecular flexibility index (Phi) is 7.96. The first-order valence-corrected chi connectivity index (χ1v) is 11.4. The third-order valence-corrected chi connectivity index (χ3v) is 6.67. The molecule has 5 nitrogen and oxygen atoms in total. The fourth-order valence-electron chi connectivity index (χ4n) is 4.81. The predicted molar refractivity (Wildman–Crippen MR) is 117 cm³/mol. The molecule has 5 heteroatoms. The first kappa shape index (κ1) is 22.1. The van der Waals surface area contributed by atoms with Gasteiger partial charge in [0.05, 0.1) is 6.61 Å². The van der Waals surface area contributed by atoms with Crippen LogP contribution < -0.4 is 10.1 Å². The summed E-state index contributed by atoms with van der Waals surface area (Å²) in [6, 6.07) is 8.39. The number of rotatable bonds is 8. The van der Waals surface area contributed by atoms with Crippen LogP contribution in [0.4, 0.5) is 5.69 Å². The smallest absolute Gasteiger partial charge is 0.256 e. The molecule has 2 fully saturated rings. The Bertz CT molecular complexity index is 648. The number of hydrogen-bond donors (Lipinski definition) is 1. The Morgan fingerprint density at radius 2 is 1.97 bits per heavy atom. The van der Waals surface area contributed by atoms with Crippen LogP contribution in [0.2, 0.25) is 0 Å². The summed E-state index contributed by atoms with van der Waals surface area (Å²) in [5, 5.41) is 3.04. The molecule has 29 heavy (non-hydrogen) atoms. The molecule has 1 N–H and O–H groups in total. The van der Waals surface area contributed by atoms with Crippen LogP contribution in [-0.2, 0) is 9.53 Å². The third-order valence-electron chi connectivity index (χ3n) is 6.67. The van der Waals surface area contributed by atoms with Gasteiger partial charge >= 0.3 is 0 Å². The van der Waals surface area contributed by atoms with Crippen LogP contribution in [0.1, 0.15) is 65.2 Å². The van der Waals surface area contributed by atoms with Gasteiger partial charge in [0.15, 0.2) is 0 Å². The zero-order valence-corrected chi connectivity index (χ0v) is 18.4. The molecule has 1 amide bonds. The standard InChI is InChI=1S/C24H38N2O3/c1-19-8-6-14-24(18-19,28-3)23(27)25-21-10-12-22(13-11-21)29-17-7-16-26-15-5-4-9-20(26)2/h10-13,19-20H,4-9,14-18H2,1-3H3,(H,25,27)/t19-,20+,24-/m1/s1. The maximum absolute atomic E-state index is 12.9. The molecular formula is C24H38N2O3. The third kappa shape index (κ3) is 5.95. The highest BCUT2D eigenvalue weighted by Gasteiger charge is 2.41. The van der Waals surface area contributed by atoms with E-state index in [0.717, 1.165) is 50.3 Å². The number of amides is 1. The maximum Gasteiger partial charge on any atom is 0.256 e. The quantitative estimate of drug-likeness (QED) is 0.631. The molecule has 162 valence electrons. The van der Waals surface area contributed by atoms with Crippen molar-refractivity contribution in [3.05, 3.63) is 24.3 Å². The Labute approximate surface area is 176 Å². The number of hydrogen-bond acceptors (Lipinski definition) is 4. The van der Waals surface area contributed by atoms with E-state index in [-0.39, 0.29) is 5.91 Å². The Morgan fingerprint density at radius 3 is 2.66 bits per heavy atom. The number of nitrogens with one attached hydrogen (secondary N) is 1. The monoisotopic (exact) mass is 402 g/mol. The second-order valence-electron chi connectivity index (χ2n) is 8.96. The van der Waals surface area contributed by atoms with E-state index < -0.39 is 5.60 Å². The Morgan fingerprint density at radius 1 is 1.17 bits per heavy atom. The van der Waals surface area contributed by atoms with Gasteiger partial charge in [-0.25, -0.2) is 0 Å². The zero-order chi connectivity index (χ0) is 20.7. The summed E-state index contributed by atoms with van der Waals surface area (Å²) in [4.78, 5) is 15.4. The molecule has 1 aliphatic heterocycles. The number of anilines is 1. The largest absolute Gasteiger partial charge is 0.494 e. The van der Waals surface area contributed by atoms with Crippen molar-refractivity contribution in [2.75, 3.05) is 32.1 Å². The number of likely N-dealkylation sites (tertiary alicyclic amines) is 1. The first-order valence-electron chi connectivity index (χ1n) is 11.4. The van der Waals surface area contributed by atoms with Crippen LogP contribution in [-0.4, -0.2) is 49.3 Å². The van der Waals surface area contributed by atoms with Gasteiger partial charge in [-0.15, -0.1) is 0 Å². The van der Waals surface area contributed by atoms with Crippen molar-refractivity contribution in [1.82, 2.24) is 4.90 Å². The maximum atomic E-state index is 12.9. The SMILES string of the molecule is CO[C@]1(C(=O)Nc2ccc(OCCCN3CCCC[C@@H]3C)cc2)CCC[C@@H](C)C1. The van der Waals surface area contributed by atoms with Gasteiger partial charge < -0.3 is 19.7 Å². The lowest BCUT2D eigenvalue weighted by molar-refractivity contribution is -0.143. The Balaban J connectivity index is 1.44. The van der Waals surface area contributed by atoms with Crippen molar-refractivity contribution in [2.45, 2.75) is 76.9 Å². The zero-order valence-electron chi connectivity index (χ0n) is 18.4. The average molecular weight is 403 g/mol. The van der Waals surface area contributed by atoms with Crippen molar-refractivity contribution in [1.29, 1.82) is 0 Å². The van der Waals surface area contributed by atoms with Crippen LogP contribution in [0.5, 0.6) is 5.75 Å². The molecule has 1 saturated heterocycles. The molecule has 0 unspecified atom stereocenters. The minimum absolute atomic E-state index is 0.0316. The molecule has 0 bridgehead atoms. The lowest BCUT2D eigenvalue weighted by atomic mass is 9.78. The van der Waals surface area contributed by atoms with E-state index >= 15 is 0 Å². The van der Waals surface area contributed by atoms with Gasteiger partial charge in [-0.2, -0.15) is 0 Å². The lowest BCUT2D eigenvalue weighted by Gasteiger charge is -2.37. The van der Waals surface area contributed by atoms with Gasteiger partial charge in [0, 0.05) is 25.4 Å². The summed E-state index contributed by atoms with van der Waals surface area (Å²) >= 11 is 0. The molecule has 2 aliphatic rings. The number of methoxy groups -OCH3 is 1. The van der Waals surface area contributed by atoms with Gasteiger partial charge in [0.2, 0.25) is 0 Å². The number of benzene rings is 1. The minimum Gasteiger partial charge on any atom is -0.494 e. The molecule has 0 spiro atoms. The summed E-state index contributed by atoms with van der Waals surface area (Å²) < 4.78 is 11.6. The van der Waals surface area contributed by atoms with E-state index in [0.29, 0.717) is 12.0 Å². The summed E-state index contributed by atoms with van der Waals surface area (Å²) in [6.07, 6.45) is 8.81. The van der Waals surface area contributed by atoms with Crippen LogP contribution in [0, 0.1) is 5.92 Å². The number of carbonyl (C=O) groups excluding carboxylic acids is 1. The summed E-state index contributed by atoms with van der Waals surface area (Å²) in [5.74, 6) is 1.33. The van der Waals surface area contributed by atoms with Crippen LogP contribution in [0.25, 0.3) is 0 Å². The highest BCUT2D eigenvalue weighted by molar-refractivity contribution is 5.97. The topological polar surface area (TPSA) is 50.8 Å². The number of ether oxygens (including phenoxy) is 2. The van der Waals surface area contributed by atoms with Crippen LogP contribution in [0.15, 0.2) is 24.3 Å². The van der Waals surface area contributed by atoms with Gasteiger partial charge in [-0.1, -0.05) is 19.8 Å². The fraction of sp³-hybridized carbons (Fsp3) is 0.708. The van der Waals surface area contributed by atoms with E-state index in [4.69, 9.17) is 9.47 Å². The second-order valence-corrected chi connectivity index (χ2v) is 8.96. The van der Waals surface area contributed by atoms with Gasteiger partial charge in [0.25, 0.3) is 5.91 Å². The molecule has 1 saturated carbocycles. The van der Waals surface area contributed by atoms with Crippen molar-refractivity contribution < 1.29 is 14.3 Å². The number of nitrogens with zero attached hydrogens (tertiary/aromatic N) is 1. The Hall–Kier alpha value is -1.59. The molecule has 1 aliphatic carbocycles. The van der Waals surface area contributed by atoms with E-state index in [1.54, 1.807) is 7.11 Å². The van der Waals surface area contributed by atoms with Gasteiger partial charge in [0.1, 0.15) is 11.4 Å². The minimum atomic E-state index is -0.696. The molecule has 1 aromatic carbocycles. The highest BCUT2D eigenvalue weighted by atomic mass is 16.5. The van der Waals surface area contributed by atoms with Crippen molar-refractivity contribution >= 4 is 11.6 Å². The van der Waals surface area contributed by atoms with Crippen molar-refractivity contribution in [3.8, 4) is 5.75 Å². The van der Waals surface area contributed by atoms with Crippen molar-refractivity contribution in [2.24, 2.45) is 5.92 Å². The van der Waals surface area contributed by atoms with Gasteiger partial charge in [-0.05, 0) is 82.2 Å². The van der Waals surface area contributed by atoms with Crippen LogP contribution >= 0.6 is 0 Å². The first-order chi connectivity index (χ1) is 14.0. The van der Waals surface area contributed by atoms with Gasteiger partial charge in [-0.3, -0.25) is 4.79 Å². The van der Waals surface area contributed by atoms with Crippen LogP contribution in [0.3, 0.4) is 0 Å². The number of carbonyl (C=O) groups is 1. The van der Waals surface area contributed by atoms with E-state index in [9.17, 15) is 4.79 Å². The van der Waals surface area contributed by atoms with E-state index in [2.05, 4.69) is 24.1 Å². The molecule has 0 aromatic heterocycles. The molecule has 0 radical (unpaired) electrons. The summed E-state index contributed by atoms with van der Waals surface area (Å²) in [7, 11) is 1.65. The summed E-state index contributed by atoms with van der Waals surface area (Å²) in [6.45, 7) is 7.57. The van der Waals surface area contributed by atoms with E-state index in [1.807, 2.05) is 24.3 Å². The molecule has 3 rings (SSSR count). The lowest BCUT2D eigenvalue weighted by Crippen LogP contribution is -2.47. The molecular weight excluding hydrogens is 364 g/mol. The molecule has 1 aromatic rings. The average Bonchev–Trinajstić information content (AvgIpc) is 2.73. The fourth-order valence-corrected chi connectivity index (χ4v) is 4.81. The van der Waals surface area contributed by atoms with E-state index in [1.165, 1.54) is 32.2 Å². The highest BCUT2D eigenvalue weighted by Crippen LogP contribution is 2.35. The number of piperidine rings is 1. The predicted octanol–water partition coefficient (Wildman–Crippen LogP) is 4.86. The molecule has 3 atom stereocenters. The van der Waals surface area contributed by atoms with Crippen molar-refractivity contribution in [3.63, 3.8) is 0 Å². The normalized spacial score (nSPS) is 28.1. The molecule has 1 heterocycles. The summed E-state index contributed by atoms with van der Waals surface area (Å²) in [5.41, 5.74) is 0.0949. The second kappa shape index (κ2) is 10.4.